The molecule has 0 radical (unpaired) electrons. The molecular formula is C20H14F2O2S. The van der Waals surface area contributed by atoms with E-state index in [1.807, 2.05) is 26.0 Å². The largest absolute Gasteiger partial charge is 0.489 e. The normalized spacial score (nSPS) is 11.7. The average Bonchev–Trinajstić information content (AvgIpc) is 2.94. The maximum absolute atomic E-state index is 14.8. The van der Waals surface area contributed by atoms with Gasteiger partial charge in [-0.05, 0) is 26.0 Å². The van der Waals surface area contributed by atoms with Crippen LogP contribution in [0.4, 0.5) is 8.78 Å². The Labute approximate surface area is 146 Å². The van der Waals surface area contributed by atoms with Crippen LogP contribution in [0.3, 0.4) is 0 Å². The van der Waals surface area contributed by atoms with Crippen molar-refractivity contribution in [2.75, 3.05) is 0 Å². The zero-order valence-electron chi connectivity index (χ0n) is 13.6. The quantitative estimate of drug-likeness (QED) is 0.465. The van der Waals surface area contributed by atoms with Crippen LogP contribution in [0, 0.1) is 11.6 Å². The molecule has 0 unspecified atom stereocenters. The van der Waals surface area contributed by atoms with E-state index in [-0.39, 0.29) is 22.3 Å². The summed E-state index contributed by atoms with van der Waals surface area (Å²) < 4.78 is 35.3. The molecule has 0 saturated carbocycles. The first-order chi connectivity index (χ1) is 12.0. The van der Waals surface area contributed by atoms with E-state index in [1.165, 1.54) is 17.4 Å². The van der Waals surface area contributed by atoms with Gasteiger partial charge in [-0.2, -0.15) is 0 Å². The smallest absolute Gasteiger partial charge is 0.194 e. The molecule has 0 atom stereocenters. The van der Waals surface area contributed by atoms with Gasteiger partial charge >= 0.3 is 0 Å². The van der Waals surface area contributed by atoms with Crippen molar-refractivity contribution in [3.63, 3.8) is 0 Å². The summed E-state index contributed by atoms with van der Waals surface area (Å²) in [6, 6.07) is 9.46. The second kappa shape index (κ2) is 5.77. The minimum atomic E-state index is -1.02. The molecule has 25 heavy (non-hydrogen) atoms. The zero-order chi connectivity index (χ0) is 17.7. The Morgan fingerprint density at radius 1 is 0.960 bits per heavy atom. The molecule has 2 nitrogen and oxygen atoms in total. The molecule has 0 bridgehead atoms. The lowest BCUT2D eigenvalue weighted by Crippen LogP contribution is -2.05. The van der Waals surface area contributed by atoms with E-state index in [0.717, 1.165) is 6.07 Å². The van der Waals surface area contributed by atoms with Crippen molar-refractivity contribution in [2.45, 2.75) is 20.0 Å². The molecule has 0 aliphatic heterocycles. The number of rotatable bonds is 2. The summed E-state index contributed by atoms with van der Waals surface area (Å²) >= 11 is 1.36. The van der Waals surface area contributed by atoms with Gasteiger partial charge in [0.1, 0.15) is 5.75 Å². The number of benzene rings is 2. The Balaban J connectivity index is 2.40. The van der Waals surface area contributed by atoms with Gasteiger partial charge in [0.05, 0.1) is 6.10 Å². The molecule has 0 spiro atoms. The minimum Gasteiger partial charge on any atom is -0.489 e. The summed E-state index contributed by atoms with van der Waals surface area (Å²) in [5.41, 5.74) is -0.316. The summed E-state index contributed by atoms with van der Waals surface area (Å²) in [7, 11) is 0. The predicted molar refractivity (Wildman–Crippen MR) is 98.8 cm³/mol. The molecule has 126 valence electrons. The zero-order valence-corrected chi connectivity index (χ0v) is 14.4. The van der Waals surface area contributed by atoms with Crippen LogP contribution in [0.5, 0.6) is 5.75 Å². The highest BCUT2D eigenvalue weighted by Crippen LogP contribution is 2.41. The van der Waals surface area contributed by atoms with Crippen LogP contribution >= 0.6 is 11.3 Å². The van der Waals surface area contributed by atoms with E-state index in [1.54, 1.807) is 17.5 Å². The van der Waals surface area contributed by atoms with Crippen molar-refractivity contribution in [1.29, 1.82) is 0 Å². The molecule has 1 heterocycles. The Hall–Kier alpha value is -2.53. The maximum Gasteiger partial charge on any atom is 0.194 e. The molecule has 1 aromatic heterocycles. The van der Waals surface area contributed by atoms with Gasteiger partial charge in [0, 0.05) is 37.0 Å². The first kappa shape index (κ1) is 16.0. The average molecular weight is 356 g/mol. The van der Waals surface area contributed by atoms with E-state index >= 15 is 0 Å². The Kier molecular flexibility index (Phi) is 3.69. The van der Waals surface area contributed by atoms with Crippen molar-refractivity contribution >= 4 is 43.0 Å². The van der Waals surface area contributed by atoms with Gasteiger partial charge in [-0.25, -0.2) is 8.78 Å². The van der Waals surface area contributed by atoms with Crippen molar-refractivity contribution in [2.24, 2.45) is 0 Å². The third kappa shape index (κ3) is 2.38. The SMILES string of the molecule is CC(C)Oc1csc2c3ccccc3c(=O)c3ccc(F)c(F)c3c12. The Morgan fingerprint density at radius 3 is 2.40 bits per heavy atom. The van der Waals surface area contributed by atoms with Crippen LogP contribution in [-0.2, 0) is 0 Å². The molecule has 4 aromatic rings. The summed E-state index contributed by atoms with van der Waals surface area (Å²) in [5, 5.41) is 3.55. The standard InChI is InChI=1S/C20H14F2O2S/c1-10(2)24-15-9-25-20-12-6-4-3-5-11(12)19(23)13-7-8-14(21)18(22)16(13)17(15)20/h3-10H,1-2H3. The topological polar surface area (TPSA) is 26.3 Å². The highest BCUT2D eigenvalue weighted by atomic mass is 32.1. The number of hydrogen-bond donors (Lipinski definition) is 0. The fourth-order valence-corrected chi connectivity index (χ4v) is 4.15. The van der Waals surface area contributed by atoms with Crippen LogP contribution in [0.25, 0.3) is 31.6 Å². The highest BCUT2D eigenvalue weighted by molar-refractivity contribution is 7.18. The van der Waals surface area contributed by atoms with Gasteiger partial charge in [0.25, 0.3) is 0 Å². The Bertz CT molecular complexity index is 1200. The first-order valence-electron chi connectivity index (χ1n) is 7.89. The summed E-state index contributed by atoms with van der Waals surface area (Å²) in [6.45, 7) is 3.73. The van der Waals surface area contributed by atoms with Gasteiger partial charge in [0.15, 0.2) is 17.1 Å². The third-order valence-electron chi connectivity index (χ3n) is 4.13. The van der Waals surface area contributed by atoms with Gasteiger partial charge in [-0.1, -0.05) is 24.3 Å². The number of ether oxygens (including phenoxy) is 1. The second-order valence-electron chi connectivity index (χ2n) is 6.13. The molecule has 4 rings (SSSR count). The van der Waals surface area contributed by atoms with Crippen LogP contribution in [0.1, 0.15) is 13.8 Å². The number of hydrogen-bond acceptors (Lipinski definition) is 3. The first-order valence-corrected chi connectivity index (χ1v) is 8.77. The highest BCUT2D eigenvalue weighted by Gasteiger charge is 2.19. The summed E-state index contributed by atoms with van der Waals surface area (Å²) in [6.07, 6.45) is -0.132. The Morgan fingerprint density at radius 2 is 1.68 bits per heavy atom. The number of fused-ring (bicyclic) bond motifs is 5. The van der Waals surface area contributed by atoms with E-state index in [4.69, 9.17) is 4.74 Å². The number of halogens is 2. The minimum absolute atomic E-state index is 0.0203. The van der Waals surface area contributed by atoms with Gasteiger partial charge in [-0.15, -0.1) is 11.3 Å². The van der Waals surface area contributed by atoms with Crippen molar-refractivity contribution in [3.05, 3.63) is 63.6 Å². The van der Waals surface area contributed by atoms with Crippen molar-refractivity contribution in [3.8, 4) is 5.75 Å². The molecule has 0 aliphatic carbocycles. The lowest BCUT2D eigenvalue weighted by Gasteiger charge is -2.09. The molecule has 5 heteroatoms. The molecule has 0 aliphatic rings. The second-order valence-corrected chi connectivity index (χ2v) is 7.01. The van der Waals surface area contributed by atoms with Crippen LogP contribution in [0.15, 0.2) is 46.6 Å². The van der Waals surface area contributed by atoms with E-state index in [9.17, 15) is 13.6 Å². The van der Waals surface area contributed by atoms with Crippen LogP contribution in [0.2, 0.25) is 0 Å². The lowest BCUT2D eigenvalue weighted by molar-refractivity contribution is 0.246. The lowest BCUT2D eigenvalue weighted by atomic mass is 10.1. The maximum atomic E-state index is 14.8. The molecule has 0 amide bonds. The van der Waals surface area contributed by atoms with E-state index < -0.39 is 11.6 Å². The van der Waals surface area contributed by atoms with E-state index in [2.05, 4.69) is 0 Å². The molecule has 0 fully saturated rings. The van der Waals surface area contributed by atoms with Crippen LogP contribution in [-0.4, -0.2) is 6.10 Å². The fraction of sp³-hybridized carbons (Fsp3) is 0.150. The third-order valence-corrected chi connectivity index (χ3v) is 5.12. The molecule has 0 saturated heterocycles. The van der Waals surface area contributed by atoms with E-state index in [0.29, 0.717) is 26.6 Å². The molecule has 0 N–H and O–H groups in total. The van der Waals surface area contributed by atoms with Gasteiger partial charge in [-0.3, -0.25) is 4.79 Å². The van der Waals surface area contributed by atoms with Gasteiger partial charge < -0.3 is 4.74 Å². The molecule has 3 aromatic carbocycles. The molecular weight excluding hydrogens is 342 g/mol. The van der Waals surface area contributed by atoms with Crippen LogP contribution < -0.4 is 10.2 Å². The van der Waals surface area contributed by atoms with Gasteiger partial charge in [0.2, 0.25) is 0 Å². The summed E-state index contributed by atoms with van der Waals surface area (Å²) in [5.74, 6) is -1.54. The van der Waals surface area contributed by atoms with Crippen molar-refractivity contribution < 1.29 is 13.5 Å². The predicted octanol–water partition coefficient (Wildman–Crippen LogP) is 5.63. The monoisotopic (exact) mass is 356 g/mol. The summed E-state index contributed by atoms with van der Waals surface area (Å²) in [4.78, 5) is 13.0. The van der Waals surface area contributed by atoms with Crippen molar-refractivity contribution in [1.82, 2.24) is 0 Å². The fourth-order valence-electron chi connectivity index (χ4n) is 3.13. The number of thiophene rings is 1.